The first kappa shape index (κ1) is 10.1. The summed E-state index contributed by atoms with van der Waals surface area (Å²) in [5.74, 6) is 0. The summed E-state index contributed by atoms with van der Waals surface area (Å²) in [5.41, 5.74) is 9.53. The molecule has 0 saturated carbocycles. The second-order valence-corrected chi connectivity index (χ2v) is 3.49. The number of nitrogen functional groups attached to an aromatic ring is 1. The number of nitrogens with two attached hydrogens (primary N) is 1. The number of anilines is 1. The molecule has 0 fully saturated rings. The Balaban J connectivity index is 2.81. The van der Waals surface area contributed by atoms with Crippen molar-refractivity contribution in [3.05, 3.63) is 29.3 Å². The lowest BCUT2D eigenvalue weighted by molar-refractivity contribution is 0.787. The predicted molar refractivity (Wildman–Crippen MR) is 58.8 cm³/mol. The van der Waals surface area contributed by atoms with Crippen LogP contribution in [0.5, 0.6) is 0 Å². The van der Waals surface area contributed by atoms with E-state index in [2.05, 4.69) is 26.0 Å². The van der Waals surface area contributed by atoms with E-state index in [0.29, 0.717) is 0 Å². The van der Waals surface area contributed by atoms with Crippen molar-refractivity contribution in [1.29, 1.82) is 0 Å². The lowest BCUT2D eigenvalue weighted by Gasteiger charge is -2.07. The van der Waals surface area contributed by atoms with E-state index in [1.165, 1.54) is 30.4 Å². The number of aryl methyl sites for hydroxylation is 2. The molecule has 1 aromatic rings. The van der Waals surface area contributed by atoms with Gasteiger partial charge in [-0.3, -0.25) is 0 Å². The van der Waals surface area contributed by atoms with Crippen molar-refractivity contribution in [3.8, 4) is 0 Å². The van der Waals surface area contributed by atoms with Gasteiger partial charge in [0, 0.05) is 5.69 Å². The van der Waals surface area contributed by atoms with Gasteiger partial charge < -0.3 is 5.73 Å². The normalized spacial score (nSPS) is 10.3. The number of rotatable bonds is 4. The number of hydrogen-bond acceptors (Lipinski definition) is 1. The summed E-state index contributed by atoms with van der Waals surface area (Å²) in [6, 6.07) is 6.27. The Morgan fingerprint density at radius 3 is 2.54 bits per heavy atom. The van der Waals surface area contributed by atoms with Crippen LogP contribution in [0.15, 0.2) is 18.2 Å². The van der Waals surface area contributed by atoms with Crippen LogP contribution in [0.3, 0.4) is 0 Å². The predicted octanol–water partition coefficient (Wildman–Crippen LogP) is 3.17. The highest BCUT2D eigenvalue weighted by atomic mass is 14.5. The second kappa shape index (κ2) is 4.90. The van der Waals surface area contributed by atoms with Crippen molar-refractivity contribution in [2.24, 2.45) is 0 Å². The molecule has 0 unspecified atom stereocenters. The molecule has 0 aliphatic carbocycles. The maximum absolute atomic E-state index is 5.75. The quantitative estimate of drug-likeness (QED) is 0.702. The molecule has 0 atom stereocenters. The fourth-order valence-corrected chi connectivity index (χ4v) is 1.59. The van der Waals surface area contributed by atoms with E-state index in [1.807, 2.05) is 6.07 Å². The molecule has 0 aromatic heterocycles. The molecule has 0 bridgehead atoms. The van der Waals surface area contributed by atoms with Gasteiger partial charge in [-0.05, 0) is 42.5 Å². The lowest BCUT2D eigenvalue weighted by atomic mass is 10.00. The minimum Gasteiger partial charge on any atom is -0.399 e. The van der Waals surface area contributed by atoms with Gasteiger partial charge in [-0.25, -0.2) is 0 Å². The van der Waals surface area contributed by atoms with E-state index in [0.717, 1.165) is 12.1 Å². The van der Waals surface area contributed by atoms with Crippen molar-refractivity contribution in [3.63, 3.8) is 0 Å². The van der Waals surface area contributed by atoms with Crippen LogP contribution in [0, 0.1) is 0 Å². The average Bonchev–Trinajstić information content (AvgIpc) is 2.15. The van der Waals surface area contributed by atoms with Gasteiger partial charge in [0.15, 0.2) is 0 Å². The first-order valence-corrected chi connectivity index (χ1v) is 5.15. The molecule has 0 heterocycles. The number of benzene rings is 1. The first-order valence-electron chi connectivity index (χ1n) is 5.15. The fourth-order valence-electron chi connectivity index (χ4n) is 1.59. The van der Waals surface area contributed by atoms with E-state index in [1.54, 1.807) is 0 Å². The van der Waals surface area contributed by atoms with Crippen molar-refractivity contribution in [2.75, 3.05) is 5.73 Å². The van der Waals surface area contributed by atoms with Crippen LogP contribution in [-0.2, 0) is 12.8 Å². The van der Waals surface area contributed by atoms with E-state index in [9.17, 15) is 0 Å². The summed E-state index contributed by atoms with van der Waals surface area (Å²) in [5, 5.41) is 0. The van der Waals surface area contributed by atoms with Gasteiger partial charge in [-0.2, -0.15) is 0 Å². The zero-order valence-corrected chi connectivity index (χ0v) is 8.64. The van der Waals surface area contributed by atoms with Crippen LogP contribution in [0.2, 0.25) is 0 Å². The third-order valence-corrected chi connectivity index (χ3v) is 2.41. The topological polar surface area (TPSA) is 26.0 Å². The van der Waals surface area contributed by atoms with Crippen molar-refractivity contribution < 1.29 is 0 Å². The molecule has 72 valence electrons. The molecule has 0 saturated heterocycles. The highest BCUT2D eigenvalue weighted by Crippen LogP contribution is 2.16. The molecule has 1 rings (SSSR count). The summed E-state index contributed by atoms with van der Waals surface area (Å²) < 4.78 is 0. The van der Waals surface area contributed by atoms with Crippen LogP contribution in [0.1, 0.15) is 37.8 Å². The zero-order chi connectivity index (χ0) is 9.68. The minimum atomic E-state index is 0.892. The molecule has 0 amide bonds. The summed E-state index contributed by atoms with van der Waals surface area (Å²) in [6.07, 6.45) is 4.79. The van der Waals surface area contributed by atoms with Crippen molar-refractivity contribution in [1.82, 2.24) is 0 Å². The monoisotopic (exact) mass is 177 g/mol. The van der Waals surface area contributed by atoms with Crippen LogP contribution >= 0.6 is 0 Å². The Hall–Kier alpha value is -0.980. The molecule has 1 aromatic carbocycles. The first-order chi connectivity index (χ1) is 6.27. The number of unbranched alkanes of at least 4 members (excludes halogenated alkanes) is 1. The molecular formula is C12H19N. The largest absolute Gasteiger partial charge is 0.399 e. The molecule has 2 N–H and O–H groups in total. The summed E-state index contributed by atoms with van der Waals surface area (Å²) in [7, 11) is 0. The molecule has 0 aliphatic heterocycles. The van der Waals surface area contributed by atoms with Crippen LogP contribution in [0.4, 0.5) is 5.69 Å². The third-order valence-electron chi connectivity index (χ3n) is 2.41. The molecule has 1 heteroatoms. The van der Waals surface area contributed by atoms with Gasteiger partial charge in [0.25, 0.3) is 0 Å². The Labute approximate surface area is 81.0 Å². The van der Waals surface area contributed by atoms with E-state index >= 15 is 0 Å². The summed E-state index contributed by atoms with van der Waals surface area (Å²) >= 11 is 0. The molecule has 0 aliphatic rings. The van der Waals surface area contributed by atoms with Gasteiger partial charge in [-0.1, -0.05) is 26.3 Å². The standard InChI is InChI=1S/C12H19N/c1-3-5-6-11-9-12(13)8-7-10(11)4-2/h7-9H,3-6,13H2,1-2H3. The van der Waals surface area contributed by atoms with E-state index < -0.39 is 0 Å². The highest BCUT2D eigenvalue weighted by molar-refractivity contribution is 5.44. The summed E-state index contributed by atoms with van der Waals surface area (Å²) in [4.78, 5) is 0. The maximum atomic E-state index is 5.75. The van der Waals surface area contributed by atoms with Gasteiger partial charge in [0.1, 0.15) is 0 Å². The minimum absolute atomic E-state index is 0.892. The zero-order valence-electron chi connectivity index (χ0n) is 8.64. The highest BCUT2D eigenvalue weighted by Gasteiger charge is 2.00. The van der Waals surface area contributed by atoms with Gasteiger partial charge >= 0.3 is 0 Å². The van der Waals surface area contributed by atoms with Crippen LogP contribution < -0.4 is 5.73 Å². The smallest absolute Gasteiger partial charge is 0.0316 e. The Bertz CT molecular complexity index is 266. The lowest BCUT2D eigenvalue weighted by Crippen LogP contribution is -1.95. The molecule has 13 heavy (non-hydrogen) atoms. The van der Waals surface area contributed by atoms with Crippen molar-refractivity contribution >= 4 is 5.69 Å². The maximum Gasteiger partial charge on any atom is 0.0316 e. The summed E-state index contributed by atoms with van der Waals surface area (Å²) in [6.45, 7) is 4.42. The van der Waals surface area contributed by atoms with Gasteiger partial charge in [0.2, 0.25) is 0 Å². The van der Waals surface area contributed by atoms with Gasteiger partial charge in [-0.15, -0.1) is 0 Å². The Kier molecular flexibility index (Phi) is 3.81. The molecule has 1 nitrogen and oxygen atoms in total. The molecule has 0 radical (unpaired) electrons. The average molecular weight is 177 g/mol. The van der Waals surface area contributed by atoms with Crippen LogP contribution in [0.25, 0.3) is 0 Å². The van der Waals surface area contributed by atoms with E-state index in [4.69, 9.17) is 5.73 Å². The second-order valence-electron chi connectivity index (χ2n) is 3.49. The Morgan fingerprint density at radius 2 is 1.92 bits per heavy atom. The van der Waals surface area contributed by atoms with Crippen molar-refractivity contribution in [2.45, 2.75) is 39.5 Å². The molecular weight excluding hydrogens is 158 g/mol. The third kappa shape index (κ3) is 2.76. The fraction of sp³-hybridized carbons (Fsp3) is 0.500. The van der Waals surface area contributed by atoms with Gasteiger partial charge in [0.05, 0.1) is 0 Å². The van der Waals surface area contributed by atoms with E-state index in [-0.39, 0.29) is 0 Å². The number of hydrogen-bond donors (Lipinski definition) is 1. The Morgan fingerprint density at radius 1 is 1.15 bits per heavy atom. The molecule has 0 spiro atoms. The SMILES string of the molecule is CCCCc1cc(N)ccc1CC. The van der Waals surface area contributed by atoms with Crippen LogP contribution in [-0.4, -0.2) is 0 Å².